The number of hydrogen-bond donors (Lipinski definition) is 0. The molecule has 96 valence electrons. The van der Waals surface area contributed by atoms with Crippen molar-refractivity contribution in [3.63, 3.8) is 0 Å². The van der Waals surface area contributed by atoms with Crippen LogP contribution in [0.15, 0.2) is 11.8 Å². The smallest absolute Gasteiger partial charge is 0.306 e. The van der Waals surface area contributed by atoms with Crippen LogP contribution in [-0.2, 0) is 4.57 Å². The molecule has 4 nitrogen and oxygen atoms in total. The van der Waals surface area contributed by atoms with Crippen LogP contribution >= 0.6 is 19.4 Å². The summed E-state index contributed by atoms with van der Waals surface area (Å²) in [4.78, 5) is 0. The Morgan fingerprint density at radius 2 is 1.62 bits per heavy atom. The molecule has 0 aromatic rings. The second-order valence-corrected chi connectivity index (χ2v) is 8.17. The minimum Gasteiger partial charge on any atom is -0.306 e. The van der Waals surface area contributed by atoms with Crippen molar-refractivity contribution in [3.05, 3.63) is 11.8 Å². The van der Waals surface area contributed by atoms with Crippen molar-refractivity contribution >= 4 is 19.4 Å². The quantitative estimate of drug-likeness (QED) is 0.687. The molecule has 0 aromatic carbocycles. The zero-order chi connectivity index (χ0) is 12.9. The highest BCUT2D eigenvalue weighted by Crippen LogP contribution is 2.53. The molecule has 0 aliphatic carbocycles. The highest BCUT2D eigenvalue weighted by molar-refractivity contribution is 7.98. The van der Waals surface area contributed by atoms with Crippen LogP contribution in [0.3, 0.4) is 0 Å². The van der Waals surface area contributed by atoms with Gasteiger partial charge in [0.05, 0.1) is 0 Å². The summed E-state index contributed by atoms with van der Waals surface area (Å²) < 4.78 is 18.3. The van der Waals surface area contributed by atoms with Gasteiger partial charge in [-0.1, -0.05) is 6.08 Å². The molecule has 0 fully saturated rings. The van der Waals surface area contributed by atoms with Crippen molar-refractivity contribution in [2.24, 2.45) is 0 Å². The van der Waals surface area contributed by atoms with E-state index in [1.165, 1.54) is 0 Å². The SMILES string of the molecule is CSC/C=C(/C)N(C)P(=O)(N(C)C)N(C)C. The molecule has 0 N–H and O–H groups in total. The van der Waals surface area contributed by atoms with E-state index in [9.17, 15) is 4.57 Å². The van der Waals surface area contributed by atoms with E-state index in [0.29, 0.717) is 0 Å². The minimum absolute atomic E-state index is 0.941. The molecular formula is C10H24N3OPS. The Hall–Kier alpha value is 0.0400. The summed E-state index contributed by atoms with van der Waals surface area (Å²) in [6.45, 7) is 2.00. The molecule has 0 saturated carbocycles. The average Bonchev–Trinajstić information content (AvgIpc) is 2.22. The third kappa shape index (κ3) is 3.52. The van der Waals surface area contributed by atoms with Gasteiger partial charge in [-0.2, -0.15) is 11.8 Å². The van der Waals surface area contributed by atoms with Crippen molar-refractivity contribution in [2.75, 3.05) is 47.2 Å². The average molecular weight is 265 g/mol. The topological polar surface area (TPSA) is 26.8 Å². The maximum atomic E-state index is 12.8. The van der Waals surface area contributed by atoms with Gasteiger partial charge in [0, 0.05) is 18.5 Å². The van der Waals surface area contributed by atoms with Gasteiger partial charge < -0.3 is 4.67 Å². The second-order valence-electron chi connectivity index (χ2n) is 4.03. The van der Waals surface area contributed by atoms with Crippen LogP contribution in [0.4, 0.5) is 0 Å². The Morgan fingerprint density at radius 3 is 1.94 bits per heavy atom. The van der Waals surface area contributed by atoms with Gasteiger partial charge in [-0.05, 0) is 41.4 Å². The molecule has 6 heteroatoms. The lowest BCUT2D eigenvalue weighted by Crippen LogP contribution is -2.31. The number of rotatable bonds is 6. The van der Waals surface area contributed by atoms with E-state index in [1.54, 1.807) is 21.1 Å². The van der Waals surface area contributed by atoms with Crippen molar-refractivity contribution in [1.82, 2.24) is 14.0 Å². The van der Waals surface area contributed by atoms with E-state index in [0.717, 1.165) is 11.4 Å². The molecule has 0 saturated heterocycles. The Morgan fingerprint density at radius 1 is 1.19 bits per heavy atom. The summed E-state index contributed by atoms with van der Waals surface area (Å²) >= 11 is 1.75. The fraction of sp³-hybridized carbons (Fsp3) is 0.800. The minimum atomic E-state index is -2.63. The molecule has 0 aliphatic rings. The van der Waals surface area contributed by atoms with Gasteiger partial charge in [0.15, 0.2) is 0 Å². The Kier molecular flexibility index (Phi) is 6.71. The number of allylic oxidation sites excluding steroid dienone is 1. The van der Waals surface area contributed by atoms with E-state index in [4.69, 9.17) is 0 Å². The van der Waals surface area contributed by atoms with Gasteiger partial charge in [-0.3, -0.25) is 4.57 Å². The normalized spacial score (nSPS) is 13.7. The van der Waals surface area contributed by atoms with Gasteiger partial charge in [0.25, 0.3) is 0 Å². The van der Waals surface area contributed by atoms with Crippen LogP contribution in [-0.4, -0.2) is 61.3 Å². The largest absolute Gasteiger partial charge is 0.309 e. The Bertz CT molecular complexity index is 280. The van der Waals surface area contributed by atoms with Crippen LogP contribution in [0.5, 0.6) is 0 Å². The van der Waals surface area contributed by atoms with Crippen molar-refractivity contribution in [1.29, 1.82) is 0 Å². The highest BCUT2D eigenvalue weighted by Gasteiger charge is 2.33. The van der Waals surface area contributed by atoms with Gasteiger partial charge in [-0.25, -0.2) is 9.34 Å². The first-order chi connectivity index (χ1) is 7.28. The third-order valence-corrected chi connectivity index (χ3v) is 6.17. The van der Waals surface area contributed by atoms with Crippen LogP contribution in [0.2, 0.25) is 0 Å². The molecule has 0 aromatic heterocycles. The van der Waals surface area contributed by atoms with E-state index in [2.05, 4.69) is 12.3 Å². The van der Waals surface area contributed by atoms with Crippen molar-refractivity contribution in [2.45, 2.75) is 6.92 Å². The molecule has 16 heavy (non-hydrogen) atoms. The number of nitrogens with zero attached hydrogens (tertiary/aromatic N) is 3. The van der Waals surface area contributed by atoms with E-state index < -0.39 is 7.59 Å². The third-order valence-electron chi connectivity index (χ3n) is 2.49. The van der Waals surface area contributed by atoms with Gasteiger partial charge in [-0.15, -0.1) is 0 Å². The van der Waals surface area contributed by atoms with Gasteiger partial charge >= 0.3 is 7.59 Å². The maximum Gasteiger partial charge on any atom is 0.309 e. The monoisotopic (exact) mass is 265 g/mol. The summed E-state index contributed by atoms with van der Waals surface area (Å²) in [6, 6.07) is 0. The summed E-state index contributed by atoms with van der Waals surface area (Å²) in [5, 5.41) is 0. The van der Waals surface area contributed by atoms with E-state index in [-0.39, 0.29) is 0 Å². The molecule has 0 bridgehead atoms. The predicted molar refractivity (Wildman–Crippen MR) is 74.9 cm³/mol. The molecular weight excluding hydrogens is 241 g/mol. The number of hydrogen-bond acceptors (Lipinski definition) is 2. The second kappa shape index (κ2) is 6.70. The van der Waals surface area contributed by atoms with Gasteiger partial charge in [0.1, 0.15) is 0 Å². The number of thioether (sulfide) groups is 1. The van der Waals surface area contributed by atoms with Gasteiger partial charge in [0.2, 0.25) is 0 Å². The highest BCUT2D eigenvalue weighted by atomic mass is 32.2. The zero-order valence-electron chi connectivity index (χ0n) is 11.4. The lowest BCUT2D eigenvalue weighted by Gasteiger charge is -2.38. The van der Waals surface area contributed by atoms with Crippen LogP contribution in [0.25, 0.3) is 0 Å². The lowest BCUT2D eigenvalue weighted by molar-refractivity contribution is 0.386. The van der Waals surface area contributed by atoms with E-state index in [1.807, 2.05) is 46.8 Å². The standard InChI is InChI=1S/C10H24N3OPS/c1-10(8-9-16-7)13(6)15(14,11(2)3)12(4)5/h8H,9H2,1-7H3/b10-8-. The van der Waals surface area contributed by atoms with Crippen molar-refractivity contribution in [3.8, 4) is 0 Å². The first-order valence-electron chi connectivity index (χ1n) is 5.14. The molecule has 0 amide bonds. The molecule has 0 aliphatic heterocycles. The van der Waals surface area contributed by atoms with Crippen molar-refractivity contribution < 1.29 is 4.57 Å². The summed E-state index contributed by atoms with van der Waals surface area (Å²) in [6.07, 6.45) is 4.16. The Labute approximate surface area is 104 Å². The first kappa shape index (κ1) is 16.0. The predicted octanol–water partition coefficient (Wildman–Crippen LogP) is 2.42. The first-order valence-corrected chi connectivity index (χ1v) is 8.10. The molecule has 0 heterocycles. The molecule has 0 rings (SSSR count). The molecule has 0 unspecified atom stereocenters. The zero-order valence-corrected chi connectivity index (χ0v) is 13.1. The fourth-order valence-corrected chi connectivity index (χ4v) is 4.13. The molecule has 0 atom stereocenters. The fourth-order valence-electron chi connectivity index (χ4n) is 1.44. The van der Waals surface area contributed by atoms with Crippen LogP contribution < -0.4 is 0 Å². The van der Waals surface area contributed by atoms with Crippen LogP contribution in [0, 0.1) is 0 Å². The van der Waals surface area contributed by atoms with Crippen LogP contribution in [0.1, 0.15) is 6.92 Å². The maximum absolute atomic E-state index is 12.8. The lowest BCUT2D eigenvalue weighted by atomic mass is 10.5. The molecule has 0 spiro atoms. The summed E-state index contributed by atoms with van der Waals surface area (Å²) in [7, 11) is 6.64. The molecule has 0 radical (unpaired) electrons. The summed E-state index contributed by atoms with van der Waals surface area (Å²) in [5.74, 6) is 0.941. The van der Waals surface area contributed by atoms with E-state index >= 15 is 0 Å². The summed E-state index contributed by atoms with van der Waals surface area (Å²) in [5.41, 5.74) is 1.04. The Balaban J connectivity index is 5.04.